The van der Waals surface area contributed by atoms with Crippen LogP contribution >= 0.6 is 15.9 Å². The number of anilines is 3. The van der Waals surface area contributed by atoms with E-state index < -0.39 is 11.7 Å². The minimum Gasteiger partial charge on any atom is -0.338 e. The average molecular weight is 348 g/mol. The van der Waals surface area contributed by atoms with Gasteiger partial charge in [0.1, 0.15) is 0 Å². The third kappa shape index (κ3) is 3.36. The van der Waals surface area contributed by atoms with Gasteiger partial charge in [0.2, 0.25) is 0 Å². The first-order valence-corrected chi connectivity index (χ1v) is 6.12. The first-order chi connectivity index (χ1) is 9.40. The van der Waals surface area contributed by atoms with Crippen molar-refractivity contribution in [1.29, 1.82) is 0 Å². The van der Waals surface area contributed by atoms with E-state index in [0.29, 0.717) is 4.47 Å². The third-order valence-corrected chi connectivity index (χ3v) is 3.03. The van der Waals surface area contributed by atoms with E-state index in [9.17, 15) is 13.2 Å². The molecule has 0 aliphatic heterocycles. The lowest BCUT2D eigenvalue weighted by Gasteiger charge is -2.12. The molecule has 1 heterocycles. The molecule has 0 bridgehead atoms. The molecule has 106 valence electrons. The zero-order chi connectivity index (χ0) is 14.8. The number of halogens is 4. The molecule has 20 heavy (non-hydrogen) atoms. The molecule has 1 aromatic heterocycles. The lowest BCUT2D eigenvalue weighted by molar-refractivity contribution is -0.137. The molecule has 2 aromatic rings. The second-order valence-corrected chi connectivity index (χ2v) is 4.61. The summed E-state index contributed by atoms with van der Waals surface area (Å²) in [6, 6.07) is 3.27. The number of hydrogen-bond acceptors (Lipinski definition) is 5. The van der Waals surface area contributed by atoms with Crippen molar-refractivity contribution >= 4 is 33.3 Å². The van der Waals surface area contributed by atoms with Crippen molar-refractivity contribution < 1.29 is 13.2 Å². The van der Waals surface area contributed by atoms with E-state index in [1.165, 1.54) is 18.5 Å². The van der Waals surface area contributed by atoms with Gasteiger partial charge in [0, 0.05) is 4.47 Å². The number of aromatic nitrogens is 2. The summed E-state index contributed by atoms with van der Waals surface area (Å²) in [5, 5.41) is 2.74. The first-order valence-electron chi connectivity index (χ1n) is 5.32. The predicted octanol–water partition coefficient (Wildman–Crippen LogP) is 3.29. The number of nitrogens with one attached hydrogen (secondary N) is 2. The molecular weight excluding hydrogens is 339 g/mol. The molecule has 9 heteroatoms. The molecule has 5 nitrogen and oxygen atoms in total. The molecule has 4 N–H and O–H groups in total. The zero-order valence-electron chi connectivity index (χ0n) is 9.87. The van der Waals surface area contributed by atoms with Crippen LogP contribution in [0.15, 0.2) is 35.1 Å². The van der Waals surface area contributed by atoms with Crippen LogP contribution in [0.5, 0.6) is 0 Å². The number of nitrogen functional groups attached to an aromatic ring is 1. The molecule has 0 atom stereocenters. The van der Waals surface area contributed by atoms with Crippen LogP contribution in [0.3, 0.4) is 0 Å². The molecule has 0 amide bonds. The number of hydrazine groups is 1. The number of hydrogen-bond donors (Lipinski definition) is 3. The van der Waals surface area contributed by atoms with Gasteiger partial charge < -0.3 is 10.7 Å². The second-order valence-electron chi connectivity index (χ2n) is 3.75. The third-order valence-electron chi connectivity index (χ3n) is 2.34. The van der Waals surface area contributed by atoms with Gasteiger partial charge in [0.15, 0.2) is 11.6 Å². The Morgan fingerprint density at radius 2 is 1.85 bits per heavy atom. The minimum absolute atomic E-state index is 0.225. The monoisotopic (exact) mass is 347 g/mol. The highest BCUT2D eigenvalue weighted by Gasteiger charge is 2.30. The van der Waals surface area contributed by atoms with Crippen molar-refractivity contribution in [2.24, 2.45) is 5.84 Å². The molecule has 0 saturated heterocycles. The SMILES string of the molecule is NNc1cncc(Nc2cc(C(F)(F)F)ccc2Br)n1. The Kier molecular flexibility index (Phi) is 4.09. The molecular formula is C11H9BrF3N5. The number of rotatable bonds is 3. The molecule has 1 aromatic carbocycles. The topological polar surface area (TPSA) is 75.9 Å². The van der Waals surface area contributed by atoms with Crippen LogP contribution in [0.2, 0.25) is 0 Å². The summed E-state index contributed by atoms with van der Waals surface area (Å²) in [4.78, 5) is 7.86. The highest BCUT2D eigenvalue weighted by atomic mass is 79.9. The highest BCUT2D eigenvalue weighted by Crippen LogP contribution is 2.34. The van der Waals surface area contributed by atoms with Gasteiger partial charge in [-0.15, -0.1) is 0 Å². The maximum Gasteiger partial charge on any atom is 0.416 e. The number of benzene rings is 1. The number of alkyl halides is 3. The molecule has 0 aliphatic rings. The Morgan fingerprint density at radius 1 is 1.15 bits per heavy atom. The summed E-state index contributed by atoms with van der Waals surface area (Å²) in [5.41, 5.74) is 1.76. The fourth-order valence-electron chi connectivity index (χ4n) is 1.43. The van der Waals surface area contributed by atoms with Gasteiger partial charge in [0.05, 0.1) is 23.6 Å². The van der Waals surface area contributed by atoms with Gasteiger partial charge in [-0.25, -0.2) is 10.8 Å². The molecule has 2 rings (SSSR count). The average Bonchev–Trinajstić information content (AvgIpc) is 2.40. The van der Waals surface area contributed by atoms with Gasteiger partial charge in [-0.2, -0.15) is 13.2 Å². The van der Waals surface area contributed by atoms with Crippen molar-refractivity contribution in [1.82, 2.24) is 9.97 Å². The van der Waals surface area contributed by atoms with Crippen molar-refractivity contribution in [3.63, 3.8) is 0 Å². The quantitative estimate of drug-likeness (QED) is 0.586. The van der Waals surface area contributed by atoms with E-state index in [1.807, 2.05) is 0 Å². The lowest BCUT2D eigenvalue weighted by atomic mass is 10.2. The molecule has 0 aliphatic carbocycles. The standard InChI is InChI=1S/C11H9BrF3N5/c12-7-2-1-6(11(13,14)15)3-8(7)18-9-4-17-5-10(19-9)20-16/h1-5H,16H2,(H2,18,19,20). The van der Waals surface area contributed by atoms with Crippen LogP contribution in [0.25, 0.3) is 0 Å². The highest BCUT2D eigenvalue weighted by molar-refractivity contribution is 9.10. The van der Waals surface area contributed by atoms with Gasteiger partial charge in [-0.05, 0) is 34.1 Å². The largest absolute Gasteiger partial charge is 0.416 e. The van der Waals surface area contributed by atoms with Crippen LogP contribution in [-0.4, -0.2) is 9.97 Å². The normalized spacial score (nSPS) is 11.2. The van der Waals surface area contributed by atoms with E-state index in [1.54, 1.807) is 0 Å². The Labute approximate surface area is 120 Å². The minimum atomic E-state index is -4.41. The Balaban J connectivity index is 2.32. The number of nitrogens with two attached hydrogens (primary N) is 1. The van der Waals surface area contributed by atoms with Gasteiger partial charge >= 0.3 is 6.18 Å². The fourth-order valence-corrected chi connectivity index (χ4v) is 1.78. The molecule has 0 fully saturated rings. The van der Waals surface area contributed by atoms with Gasteiger partial charge in [-0.1, -0.05) is 0 Å². The number of nitrogens with zero attached hydrogens (tertiary/aromatic N) is 2. The summed E-state index contributed by atoms with van der Waals surface area (Å²) >= 11 is 3.17. The van der Waals surface area contributed by atoms with Crippen molar-refractivity contribution in [3.8, 4) is 0 Å². The molecule has 0 unspecified atom stereocenters. The smallest absolute Gasteiger partial charge is 0.338 e. The Hall–Kier alpha value is -1.87. The van der Waals surface area contributed by atoms with E-state index >= 15 is 0 Å². The van der Waals surface area contributed by atoms with Crippen molar-refractivity contribution in [2.75, 3.05) is 10.7 Å². The first kappa shape index (κ1) is 14.5. The maximum atomic E-state index is 12.7. The molecule has 0 radical (unpaired) electrons. The Bertz CT molecular complexity index is 617. The van der Waals surface area contributed by atoms with Crippen LogP contribution < -0.4 is 16.6 Å². The summed E-state index contributed by atoms with van der Waals surface area (Å²) in [5.74, 6) is 5.74. The molecule has 0 spiro atoms. The van der Waals surface area contributed by atoms with Crippen LogP contribution in [0.1, 0.15) is 5.56 Å². The van der Waals surface area contributed by atoms with Crippen LogP contribution in [-0.2, 0) is 6.18 Å². The van der Waals surface area contributed by atoms with Crippen molar-refractivity contribution in [2.45, 2.75) is 6.18 Å². The summed E-state index contributed by atoms with van der Waals surface area (Å²) in [6.07, 6.45) is -1.66. The van der Waals surface area contributed by atoms with Gasteiger partial charge in [0.25, 0.3) is 0 Å². The zero-order valence-corrected chi connectivity index (χ0v) is 11.5. The van der Waals surface area contributed by atoms with Crippen molar-refractivity contribution in [3.05, 3.63) is 40.6 Å². The predicted molar refractivity (Wildman–Crippen MR) is 72.3 cm³/mol. The maximum absolute atomic E-state index is 12.7. The van der Waals surface area contributed by atoms with Gasteiger partial charge in [-0.3, -0.25) is 4.98 Å². The summed E-state index contributed by atoms with van der Waals surface area (Å²) in [7, 11) is 0. The van der Waals surface area contributed by atoms with E-state index in [-0.39, 0.29) is 17.3 Å². The molecule has 0 saturated carbocycles. The summed E-state index contributed by atoms with van der Waals surface area (Å²) in [6.45, 7) is 0. The fraction of sp³-hybridized carbons (Fsp3) is 0.0909. The summed E-state index contributed by atoms with van der Waals surface area (Å²) < 4.78 is 38.4. The van der Waals surface area contributed by atoms with E-state index in [4.69, 9.17) is 5.84 Å². The Morgan fingerprint density at radius 3 is 2.50 bits per heavy atom. The van der Waals surface area contributed by atoms with E-state index in [2.05, 4.69) is 36.6 Å². The second kappa shape index (κ2) is 5.63. The van der Waals surface area contributed by atoms with E-state index in [0.717, 1.165) is 12.1 Å². The lowest BCUT2D eigenvalue weighted by Crippen LogP contribution is -2.10. The van der Waals surface area contributed by atoms with Crippen LogP contribution in [0.4, 0.5) is 30.5 Å². The van der Waals surface area contributed by atoms with Crippen LogP contribution in [0, 0.1) is 0 Å².